The highest BCUT2D eigenvalue weighted by molar-refractivity contribution is 5.59. The van der Waals surface area contributed by atoms with E-state index in [4.69, 9.17) is 4.84 Å². The van der Waals surface area contributed by atoms with Crippen LogP contribution in [0.3, 0.4) is 0 Å². The summed E-state index contributed by atoms with van der Waals surface area (Å²) in [4.78, 5) is 5.29. The topological polar surface area (TPSA) is 21.6 Å². The number of nitrogens with zero attached hydrogens (tertiary/aromatic N) is 1. The van der Waals surface area contributed by atoms with Gasteiger partial charge in [0.15, 0.2) is 0 Å². The van der Waals surface area contributed by atoms with Gasteiger partial charge in [-0.3, -0.25) is 0 Å². The van der Waals surface area contributed by atoms with Gasteiger partial charge in [-0.2, -0.15) is 0 Å². The Hall–Kier alpha value is -0.530. The molecule has 0 saturated heterocycles. The van der Waals surface area contributed by atoms with Crippen LogP contribution in [-0.4, -0.2) is 11.8 Å². The summed E-state index contributed by atoms with van der Waals surface area (Å²) in [6, 6.07) is 0. The van der Waals surface area contributed by atoms with Crippen LogP contribution in [0.4, 0.5) is 0 Å². The zero-order valence-electron chi connectivity index (χ0n) is 8.34. The van der Waals surface area contributed by atoms with Gasteiger partial charge in [-0.1, -0.05) is 25.4 Å². The first-order valence-corrected chi connectivity index (χ1v) is 4.82. The van der Waals surface area contributed by atoms with Crippen LogP contribution in [0.1, 0.15) is 46.5 Å². The maximum absolute atomic E-state index is 5.29. The van der Waals surface area contributed by atoms with Crippen molar-refractivity contribution in [2.45, 2.75) is 52.1 Å². The van der Waals surface area contributed by atoms with Crippen molar-refractivity contribution in [3.8, 4) is 0 Å². The van der Waals surface area contributed by atoms with Crippen LogP contribution < -0.4 is 0 Å². The van der Waals surface area contributed by atoms with Crippen LogP contribution in [0.2, 0.25) is 0 Å². The Kier molecular flexibility index (Phi) is 3.12. The van der Waals surface area contributed by atoms with Gasteiger partial charge in [0, 0.05) is 12.6 Å². The second-order valence-corrected chi connectivity index (χ2v) is 4.32. The molecule has 1 atom stereocenters. The molecule has 0 aromatic heterocycles. The van der Waals surface area contributed by atoms with E-state index >= 15 is 0 Å². The van der Waals surface area contributed by atoms with Gasteiger partial charge >= 0.3 is 0 Å². The molecular weight excluding hydrogens is 150 g/mol. The third-order valence-electron chi connectivity index (χ3n) is 2.36. The fourth-order valence-electron chi connectivity index (χ4n) is 1.46. The molecule has 2 nitrogen and oxygen atoms in total. The van der Waals surface area contributed by atoms with Crippen LogP contribution in [-0.2, 0) is 4.84 Å². The highest BCUT2D eigenvalue weighted by Gasteiger charge is 2.28. The number of hydrogen-bond acceptors (Lipinski definition) is 2. The van der Waals surface area contributed by atoms with Gasteiger partial charge in [0.25, 0.3) is 0 Å². The second kappa shape index (κ2) is 3.92. The van der Waals surface area contributed by atoms with Crippen molar-refractivity contribution in [1.29, 1.82) is 0 Å². The van der Waals surface area contributed by atoms with Gasteiger partial charge in [0.05, 0.1) is 0 Å². The summed E-state index contributed by atoms with van der Waals surface area (Å²) in [5.74, 6) is 0.802. The van der Waals surface area contributed by atoms with Gasteiger partial charge in [-0.05, 0) is 25.7 Å². The summed E-state index contributed by atoms with van der Waals surface area (Å²) in [5.41, 5.74) is 0.00882. The van der Waals surface area contributed by atoms with Gasteiger partial charge < -0.3 is 4.84 Å². The average molecular weight is 169 g/mol. The Labute approximate surface area is 75.0 Å². The molecule has 1 unspecified atom stereocenters. The summed E-state index contributed by atoms with van der Waals surface area (Å²) in [6.45, 7) is 6.66. The van der Waals surface area contributed by atoms with Crippen molar-refractivity contribution in [3.63, 3.8) is 0 Å². The summed E-state index contributed by atoms with van der Waals surface area (Å²) in [7, 11) is 0. The highest BCUT2D eigenvalue weighted by atomic mass is 16.7. The van der Waals surface area contributed by atoms with Crippen LogP contribution >= 0.6 is 0 Å². The molecular formula is C10H19NO. The lowest BCUT2D eigenvalue weighted by atomic mass is 9.94. The van der Waals surface area contributed by atoms with Crippen molar-refractivity contribution in [1.82, 2.24) is 0 Å². The molecule has 0 fully saturated rings. The van der Waals surface area contributed by atoms with E-state index in [1.165, 1.54) is 12.8 Å². The fourth-order valence-corrected chi connectivity index (χ4v) is 1.46. The van der Waals surface area contributed by atoms with Crippen molar-refractivity contribution in [2.24, 2.45) is 11.1 Å². The largest absolute Gasteiger partial charge is 0.389 e. The van der Waals surface area contributed by atoms with E-state index in [9.17, 15) is 0 Å². The van der Waals surface area contributed by atoms with Crippen LogP contribution in [0.15, 0.2) is 5.16 Å². The van der Waals surface area contributed by atoms with E-state index in [0.29, 0.717) is 0 Å². The van der Waals surface area contributed by atoms with Gasteiger partial charge in [-0.15, -0.1) is 0 Å². The molecule has 1 heterocycles. The van der Waals surface area contributed by atoms with Crippen LogP contribution in [0, 0.1) is 5.92 Å². The monoisotopic (exact) mass is 169 g/mol. The normalized spacial score (nSPS) is 28.0. The van der Waals surface area contributed by atoms with Gasteiger partial charge in [-0.25, -0.2) is 0 Å². The van der Waals surface area contributed by atoms with E-state index in [-0.39, 0.29) is 5.60 Å². The Morgan fingerprint density at radius 2 is 2.33 bits per heavy atom. The Bertz CT molecular complexity index is 155. The third-order valence-corrected chi connectivity index (χ3v) is 2.36. The Morgan fingerprint density at radius 3 is 2.83 bits per heavy atom. The van der Waals surface area contributed by atoms with Gasteiger partial charge in [0.1, 0.15) is 5.60 Å². The zero-order valence-corrected chi connectivity index (χ0v) is 8.34. The molecule has 2 heteroatoms. The lowest BCUT2D eigenvalue weighted by Gasteiger charge is -2.21. The van der Waals surface area contributed by atoms with Crippen molar-refractivity contribution < 1.29 is 4.84 Å². The Morgan fingerprint density at radius 1 is 1.58 bits per heavy atom. The van der Waals surface area contributed by atoms with E-state index in [1.807, 2.05) is 6.21 Å². The smallest absolute Gasteiger partial charge is 0.140 e. The number of oxime groups is 1. The third kappa shape index (κ3) is 2.84. The molecule has 0 aromatic rings. The Balaban J connectivity index is 2.14. The standard InChI is InChI=1S/C10H19NO/c1-9(2)5-4-6-10(3)7-8-11-12-10/h8-9H,4-7H2,1-3H3. The van der Waals surface area contributed by atoms with Crippen LogP contribution in [0.5, 0.6) is 0 Å². The van der Waals surface area contributed by atoms with Crippen molar-refractivity contribution in [3.05, 3.63) is 0 Å². The fraction of sp³-hybridized carbons (Fsp3) is 0.900. The molecule has 0 spiro atoms. The first kappa shape index (κ1) is 9.56. The predicted molar refractivity (Wildman–Crippen MR) is 51.3 cm³/mol. The summed E-state index contributed by atoms with van der Waals surface area (Å²) in [6.07, 6.45) is 6.52. The highest BCUT2D eigenvalue weighted by Crippen LogP contribution is 2.26. The molecule has 70 valence electrons. The minimum Gasteiger partial charge on any atom is -0.389 e. The SMILES string of the molecule is CC(C)CCCC1(C)CC=NO1. The minimum absolute atomic E-state index is 0.00882. The predicted octanol–water partition coefficient (Wildman–Crippen LogP) is 2.98. The minimum atomic E-state index is 0.00882. The molecule has 12 heavy (non-hydrogen) atoms. The lowest BCUT2D eigenvalue weighted by molar-refractivity contribution is -0.0120. The molecule has 1 rings (SSSR count). The molecule has 0 aromatic carbocycles. The summed E-state index contributed by atoms with van der Waals surface area (Å²) < 4.78 is 0. The van der Waals surface area contributed by atoms with Crippen molar-refractivity contribution in [2.75, 3.05) is 0 Å². The van der Waals surface area contributed by atoms with E-state index in [0.717, 1.165) is 18.8 Å². The first-order valence-electron chi connectivity index (χ1n) is 4.82. The van der Waals surface area contributed by atoms with E-state index in [2.05, 4.69) is 25.9 Å². The molecule has 0 N–H and O–H groups in total. The average Bonchev–Trinajstić information content (AvgIpc) is 2.35. The molecule has 1 aliphatic rings. The first-order chi connectivity index (χ1) is 5.62. The summed E-state index contributed by atoms with van der Waals surface area (Å²) >= 11 is 0. The zero-order chi connectivity index (χ0) is 9.03. The lowest BCUT2D eigenvalue weighted by Crippen LogP contribution is -2.23. The maximum Gasteiger partial charge on any atom is 0.140 e. The van der Waals surface area contributed by atoms with Gasteiger partial charge in [0.2, 0.25) is 0 Å². The molecule has 0 bridgehead atoms. The van der Waals surface area contributed by atoms with Crippen molar-refractivity contribution >= 4 is 6.21 Å². The van der Waals surface area contributed by atoms with E-state index < -0.39 is 0 Å². The van der Waals surface area contributed by atoms with E-state index in [1.54, 1.807) is 0 Å². The quantitative estimate of drug-likeness (QED) is 0.634. The molecule has 1 aliphatic heterocycles. The maximum atomic E-state index is 5.29. The van der Waals surface area contributed by atoms with Crippen LogP contribution in [0.25, 0.3) is 0 Å². The second-order valence-electron chi connectivity index (χ2n) is 4.32. The number of hydrogen-bond donors (Lipinski definition) is 0. The summed E-state index contributed by atoms with van der Waals surface area (Å²) in [5, 5.41) is 3.81. The molecule has 0 amide bonds. The number of rotatable bonds is 4. The molecule has 0 radical (unpaired) electrons. The molecule has 0 aliphatic carbocycles. The molecule has 0 saturated carbocycles.